The number of rotatable bonds is 4. The lowest BCUT2D eigenvalue weighted by Gasteiger charge is -2.09. The summed E-state index contributed by atoms with van der Waals surface area (Å²) < 4.78 is 15.8. The van der Waals surface area contributed by atoms with Crippen LogP contribution >= 0.6 is 15.9 Å². The first-order chi connectivity index (χ1) is 10.2. The summed E-state index contributed by atoms with van der Waals surface area (Å²) in [6, 6.07) is 13.0. The molecule has 1 heterocycles. The van der Waals surface area contributed by atoms with Gasteiger partial charge in [0.25, 0.3) is 0 Å². The minimum absolute atomic E-state index is 0.257. The highest BCUT2D eigenvalue weighted by Gasteiger charge is 2.02. The first-order valence-electron chi connectivity index (χ1n) is 6.35. The van der Waals surface area contributed by atoms with Crippen molar-refractivity contribution in [3.8, 4) is 5.69 Å². The predicted molar refractivity (Wildman–Crippen MR) is 82.8 cm³/mol. The molecule has 1 aromatic heterocycles. The number of anilines is 1. The van der Waals surface area contributed by atoms with Gasteiger partial charge in [0.15, 0.2) is 0 Å². The summed E-state index contributed by atoms with van der Waals surface area (Å²) in [7, 11) is 0. The lowest BCUT2D eigenvalue weighted by atomic mass is 10.2. The van der Waals surface area contributed by atoms with Crippen LogP contribution in [0.4, 0.5) is 10.1 Å². The van der Waals surface area contributed by atoms with E-state index in [1.807, 2.05) is 34.9 Å². The third-order valence-corrected chi connectivity index (χ3v) is 3.69. The van der Waals surface area contributed by atoms with Crippen LogP contribution in [0.2, 0.25) is 0 Å². The maximum Gasteiger partial charge on any atom is 0.137 e. The molecule has 0 fully saturated rings. The number of hydrogen-bond acceptors (Lipinski definition) is 3. The van der Waals surface area contributed by atoms with Crippen molar-refractivity contribution in [2.45, 2.75) is 6.54 Å². The van der Waals surface area contributed by atoms with Crippen molar-refractivity contribution in [2.24, 2.45) is 0 Å². The molecule has 0 saturated carbocycles. The zero-order valence-corrected chi connectivity index (χ0v) is 12.6. The molecule has 3 rings (SSSR count). The second kappa shape index (κ2) is 6.05. The van der Waals surface area contributed by atoms with E-state index >= 15 is 0 Å². The Balaban J connectivity index is 1.73. The third-order valence-electron chi connectivity index (χ3n) is 3.04. The number of halogens is 2. The van der Waals surface area contributed by atoms with Gasteiger partial charge < -0.3 is 5.32 Å². The number of hydrogen-bond donors (Lipinski definition) is 1. The lowest BCUT2D eigenvalue weighted by molar-refractivity contribution is 0.619. The van der Waals surface area contributed by atoms with Crippen molar-refractivity contribution in [1.82, 2.24) is 14.8 Å². The Kier molecular flexibility index (Phi) is 3.96. The Morgan fingerprint density at radius 1 is 1.10 bits per heavy atom. The van der Waals surface area contributed by atoms with E-state index in [-0.39, 0.29) is 5.82 Å². The van der Waals surface area contributed by atoms with Gasteiger partial charge in [-0.25, -0.2) is 4.39 Å². The fraction of sp³-hybridized carbons (Fsp3) is 0.0667. The molecule has 0 spiro atoms. The molecule has 2 aromatic carbocycles. The maximum absolute atomic E-state index is 13.5. The first kappa shape index (κ1) is 13.8. The summed E-state index contributed by atoms with van der Waals surface area (Å²) in [4.78, 5) is 0. The second-order valence-corrected chi connectivity index (χ2v) is 5.38. The largest absolute Gasteiger partial charge is 0.381 e. The third kappa shape index (κ3) is 3.28. The number of nitrogens with one attached hydrogen (secondary N) is 1. The average molecular weight is 347 g/mol. The fourth-order valence-corrected chi connectivity index (χ4v) is 2.21. The fourth-order valence-electron chi connectivity index (χ4n) is 1.96. The first-order valence-corrected chi connectivity index (χ1v) is 7.14. The monoisotopic (exact) mass is 346 g/mol. The summed E-state index contributed by atoms with van der Waals surface area (Å²) in [5.41, 5.74) is 2.79. The molecule has 0 saturated heterocycles. The summed E-state index contributed by atoms with van der Waals surface area (Å²) in [6.07, 6.45) is 3.28. The van der Waals surface area contributed by atoms with Gasteiger partial charge in [0.05, 0.1) is 10.2 Å². The topological polar surface area (TPSA) is 42.7 Å². The van der Waals surface area contributed by atoms with Crippen molar-refractivity contribution in [3.63, 3.8) is 0 Å². The zero-order chi connectivity index (χ0) is 14.7. The van der Waals surface area contributed by atoms with Gasteiger partial charge in [0.1, 0.15) is 18.5 Å². The van der Waals surface area contributed by atoms with E-state index in [9.17, 15) is 4.39 Å². The molecule has 0 amide bonds. The molecule has 0 atom stereocenters. The summed E-state index contributed by atoms with van der Waals surface area (Å²) in [6.45, 7) is 0.551. The van der Waals surface area contributed by atoms with E-state index in [0.29, 0.717) is 11.0 Å². The molecule has 3 aromatic rings. The molecule has 4 nitrogen and oxygen atoms in total. The minimum Gasteiger partial charge on any atom is -0.381 e. The summed E-state index contributed by atoms with van der Waals surface area (Å²) in [5.74, 6) is -0.257. The van der Waals surface area contributed by atoms with Gasteiger partial charge in [-0.15, -0.1) is 10.2 Å². The molecule has 0 aliphatic carbocycles. The van der Waals surface area contributed by atoms with Gasteiger partial charge in [-0.1, -0.05) is 12.1 Å². The van der Waals surface area contributed by atoms with Crippen LogP contribution in [-0.2, 0) is 6.54 Å². The van der Waals surface area contributed by atoms with Crippen molar-refractivity contribution in [2.75, 3.05) is 5.32 Å². The number of benzene rings is 2. The van der Waals surface area contributed by atoms with Crippen LogP contribution in [0.1, 0.15) is 5.56 Å². The standard InChI is InChI=1S/C15H12BrFN4/c16-14-5-4-11(6-15(14)17)8-18-12-2-1-3-13(7-12)21-9-19-20-10-21/h1-7,9-10,18H,8H2. The number of nitrogens with zero attached hydrogens (tertiary/aromatic N) is 3. The molecular weight excluding hydrogens is 335 g/mol. The Labute approximate surface area is 129 Å². The van der Waals surface area contributed by atoms with Crippen LogP contribution in [0.25, 0.3) is 5.69 Å². The van der Waals surface area contributed by atoms with Crippen LogP contribution in [0.3, 0.4) is 0 Å². The van der Waals surface area contributed by atoms with Gasteiger partial charge in [-0.05, 0) is 51.8 Å². The Bertz CT molecular complexity index is 743. The van der Waals surface area contributed by atoms with Crippen LogP contribution in [0.5, 0.6) is 0 Å². The zero-order valence-electron chi connectivity index (χ0n) is 11.0. The Morgan fingerprint density at radius 2 is 1.90 bits per heavy atom. The second-order valence-electron chi connectivity index (χ2n) is 4.52. The molecule has 0 aliphatic rings. The van der Waals surface area contributed by atoms with E-state index in [0.717, 1.165) is 16.9 Å². The normalized spacial score (nSPS) is 10.6. The summed E-state index contributed by atoms with van der Waals surface area (Å²) >= 11 is 3.15. The van der Waals surface area contributed by atoms with Crippen LogP contribution in [0.15, 0.2) is 59.6 Å². The van der Waals surface area contributed by atoms with Gasteiger partial charge in [-0.3, -0.25) is 4.57 Å². The molecule has 6 heteroatoms. The van der Waals surface area contributed by atoms with Gasteiger partial charge >= 0.3 is 0 Å². The van der Waals surface area contributed by atoms with Crippen LogP contribution in [-0.4, -0.2) is 14.8 Å². The molecule has 106 valence electrons. The quantitative estimate of drug-likeness (QED) is 0.781. The van der Waals surface area contributed by atoms with E-state index in [2.05, 4.69) is 31.4 Å². The summed E-state index contributed by atoms with van der Waals surface area (Å²) in [5, 5.41) is 10.8. The van der Waals surface area contributed by atoms with E-state index in [1.54, 1.807) is 18.7 Å². The van der Waals surface area contributed by atoms with Crippen LogP contribution < -0.4 is 5.32 Å². The van der Waals surface area contributed by atoms with Gasteiger partial charge in [0.2, 0.25) is 0 Å². The lowest BCUT2D eigenvalue weighted by Crippen LogP contribution is -2.01. The Hall–Kier alpha value is -2.21. The van der Waals surface area contributed by atoms with Crippen LogP contribution in [0, 0.1) is 5.82 Å². The van der Waals surface area contributed by atoms with E-state index in [1.165, 1.54) is 6.07 Å². The van der Waals surface area contributed by atoms with E-state index < -0.39 is 0 Å². The average Bonchev–Trinajstić information content (AvgIpc) is 3.03. The minimum atomic E-state index is -0.257. The van der Waals surface area contributed by atoms with Crippen molar-refractivity contribution in [3.05, 3.63) is 71.0 Å². The van der Waals surface area contributed by atoms with Gasteiger partial charge in [-0.2, -0.15) is 0 Å². The molecule has 1 N–H and O–H groups in total. The van der Waals surface area contributed by atoms with Crippen molar-refractivity contribution in [1.29, 1.82) is 0 Å². The SMILES string of the molecule is Fc1cc(CNc2cccc(-n3cnnc3)c2)ccc1Br. The highest BCUT2D eigenvalue weighted by Crippen LogP contribution is 2.18. The highest BCUT2D eigenvalue weighted by atomic mass is 79.9. The van der Waals surface area contributed by atoms with Gasteiger partial charge in [0, 0.05) is 12.2 Å². The molecule has 0 aliphatic heterocycles. The predicted octanol–water partition coefficient (Wildman–Crippen LogP) is 3.78. The molecule has 0 bridgehead atoms. The molecule has 0 unspecified atom stereocenters. The molecule has 21 heavy (non-hydrogen) atoms. The van der Waals surface area contributed by atoms with E-state index in [4.69, 9.17) is 0 Å². The molecular formula is C15H12BrFN4. The maximum atomic E-state index is 13.5. The smallest absolute Gasteiger partial charge is 0.137 e. The van der Waals surface area contributed by atoms with Crippen molar-refractivity contribution < 1.29 is 4.39 Å². The Morgan fingerprint density at radius 3 is 2.67 bits per heavy atom. The highest BCUT2D eigenvalue weighted by molar-refractivity contribution is 9.10. The van der Waals surface area contributed by atoms with Crippen molar-refractivity contribution >= 4 is 21.6 Å². The number of aromatic nitrogens is 3. The molecule has 0 radical (unpaired) electrons.